The van der Waals surface area contributed by atoms with Crippen molar-refractivity contribution in [1.82, 2.24) is 24.6 Å². The van der Waals surface area contributed by atoms with E-state index in [2.05, 4.69) is 10.1 Å². The summed E-state index contributed by atoms with van der Waals surface area (Å²) < 4.78 is 18.5. The molecular formula is C26H31N5O5. The van der Waals surface area contributed by atoms with Gasteiger partial charge in [-0.3, -0.25) is 19.3 Å². The number of benzene rings is 1. The molecule has 1 saturated heterocycles. The Morgan fingerprint density at radius 3 is 2.58 bits per heavy atom. The zero-order valence-electron chi connectivity index (χ0n) is 20.8. The van der Waals surface area contributed by atoms with Crippen molar-refractivity contribution in [3.8, 4) is 11.5 Å². The molecule has 1 atom stereocenters. The van der Waals surface area contributed by atoms with Gasteiger partial charge in [-0.1, -0.05) is 12.1 Å². The molecule has 10 nitrogen and oxygen atoms in total. The number of aryl methyl sites for hydroxylation is 1. The highest BCUT2D eigenvalue weighted by Gasteiger charge is 2.31. The number of methoxy groups -OCH3 is 2. The summed E-state index contributed by atoms with van der Waals surface area (Å²) in [7, 11) is 4.95. The quantitative estimate of drug-likeness (QED) is 0.448. The zero-order chi connectivity index (χ0) is 25.5. The van der Waals surface area contributed by atoms with Crippen LogP contribution in [0, 0.1) is 0 Å². The minimum Gasteiger partial charge on any atom is -0.493 e. The molecule has 0 saturated carbocycles. The van der Waals surface area contributed by atoms with Gasteiger partial charge in [0, 0.05) is 50.8 Å². The first-order chi connectivity index (χ1) is 17.4. The minimum atomic E-state index is -0.359. The Labute approximate surface area is 210 Å². The highest BCUT2D eigenvalue weighted by atomic mass is 16.5. The van der Waals surface area contributed by atoms with Crippen LogP contribution in [0.25, 0.3) is 0 Å². The van der Waals surface area contributed by atoms with Crippen molar-refractivity contribution in [2.45, 2.75) is 25.7 Å². The number of hydrogen-bond donors (Lipinski definition) is 0. The van der Waals surface area contributed by atoms with Crippen LogP contribution >= 0.6 is 0 Å². The van der Waals surface area contributed by atoms with Crippen LogP contribution in [0.4, 0.5) is 0 Å². The third kappa shape index (κ3) is 6.39. The maximum absolute atomic E-state index is 13.3. The summed E-state index contributed by atoms with van der Waals surface area (Å²) in [5.41, 5.74) is 2.62. The Kier molecular flexibility index (Phi) is 8.17. The summed E-state index contributed by atoms with van der Waals surface area (Å²) in [4.78, 5) is 34.0. The number of carbonyl (C=O) groups excluding carboxylic acids is 2. The largest absolute Gasteiger partial charge is 0.493 e. The maximum atomic E-state index is 13.3. The predicted molar refractivity (Wildman–Crippen MR) is 131 cm³/mol. The summed E-state index contributed by atoms with van der Waals surface area (Å²) in [6.45, 7) is 1.40. The molecule has 0 radical (unpaired) electrons. The van der Waals surface area contributed by atoms with Crippen LogP contribution in [0.15, 0.2) is 55.1 Å². The van der Waals surface area contributed by atoms with Crippen molar-refractivity contribution >= 4 is 11.8 Å². The van der Waals surface area contributed by atoms with Gasteiger partial charge in [-0.2, -0.15) is 5.10 Å². The average molecular weight is 494 g/mol. The van der Waals surface area contributed by atoms with Crippen molar-refractivity contribution < 1.29 is 23.8 Å². The fourth-order valence-electron chi connectivity index (χ4n) is 4.18. The zero-order valence-corrected chi connectivity index (χ0v) is 20.8. The molecule has 1 fully saturated rings. The summed E-state index contributed by atoms with van der Waals surface area (Å²) in [6, 6.07) is 9.15. The second-order valence-electron chi connectivity index (χ2n) is 8.73. The lowest BCUT2D eigenvalue weighted by atomic mass is 10.1. The molecule has 2 amide bonds. The van der Waals surface area contributed by atoms with Crippen molar-refractivity contribution in [2.75, 3.05) is 33.9 Å². The first kappa shape index (κ1) is 25.2. The van der Waals surface area contributed by atoms with Crippen molar-refractivity contribution in [1.29, 1.82) is 0 Å². The molecular weight excluding hydrogens is 462 g/mol. The van der Waals surface area contributed by atoms with Crippen molar-refractivity contribution in [3.05, 3.63) is 71.8 Å². The molecule has 3 heterocycles. The molecule has 1 aliphatic rings. The van der Waals surface area contributed by atoms with Crippen molar-refractivity contribution in [3.63, 3.8) is 0 Å². The number of rotatable bonds is 9. The van der Waals surface area contributed by atoms with Crippen LogP contribution in [0.3, 0.4) is 0 Å². The van der Waals surface area contributed by atoms with E-state index in [1.54, 1.807) is 59.4 Å². The van der Waals surface area contributed by atoms with E-state index in [0.29, 0.717) is 37.7 Å². The predicted octanol–water partition coefficient (Wildman–Crippen LogP) is 1.83. The van der Waals surface area contributed by atoms with E-state index in [-0.39, 0.29) is 30.9 Å². The number of hydrogen-bond acceptors (Lipinski definition) is 7. The summed E-state index contributed by atoms with van der Waals surface area (Å²) in [5, 5.41) is 4.20. The Bertz CT molecular complexity index is 1180. The van der Waals surface area contributed by atoms with Gasteiger partial charge in [0.05, 0.1) is 46.1 Å². The second-order valence-corrected chi connectivity index (χ2v) is 8.73. The van der Waals surface area contributed by atoms with Gasteiger partial charge in [0.1, 0.15) is 0 Å². The summed E-state index contributed by atoms with van der Waals surface area (Å²) in [6.07, 6.45) is 6.84. The second kappa shape index (κ2) is 11.7. The van der Waals surface area contributed by atoms with Crippen LogP contribution < -0.4 is 9.47 Å². The Balaban J connectivity index is 1.50. The third-order valence-electron chi connectivity index (χ3n) is 6.02. The molecule has 2 aromatic heterocycles. The van der Waals surface area contributed by atoms with E-state index < -0.39 is 0 Å². The highest BCUT2D eigenvalue weighted by molar-refractivity contribution is 5.86. The molecule has 0 N–H and O–H groups in total. The van der Waals surface area contributed by atoms with Gasteiger partial charge in [0.15, 0.2) is 11.5 Å². The Morgan fingerprint density at radius 1 is 1.06 bits per heavy atom. The van der Waals surface area contributed by atoms with Crippen LogP contribution in [0.1, 0.15) is 16.7 Å². The standard InChI is InChI=1S/C26H31N5O5/c1-29-13-21(12-28-29)14-30-15-22(36-18-20-5-4-8-27-11-20)16-31(17-26(30)33)25(32)10-19-6-7-23(34-2)24(9-19)35-3/h4-9,11-13,22H,10,14-18H2,1-3H3/t22-/m0/s1. The molecule has 10 heteroatoms. The number of carbonyl (C=O) groups is 2. The highest BCUT2D eigenvalue weighted by Crippen LogP contribution is 2.28. The lowest BCUT2D eigenvalue weighted by molar-refractivity contribution is -0.138. The van der Waals surface area contributed by atoms with Gasteiger partial charge >= 0.3 is 0 Å². The minimum absolute atomic E-state index is 0.0147. The molecule has 3 aromatic rings. The lowest BCUT2D eigenvalue weighted by Crippen LogP contribution is -2.40. The molecule has 0 bridgehead atoms. The van der Waals surface area contributed by atoms with Gasteiger partial charge in [-0.05, 0) is 29.3 Å². The Morgan fingerprint density at radius 2 is 1.89 bits per heavy atom. The third-order valence-corrected chi connectivity index (χ3v) is 6.02. The molecule has 190 valence electrons. The molecule has 4 rings (SSSR count). The molecule has 0 unspecified atom stereocenters. The first-order valence-electron chi connectivity index (χ1n) is 11.7. The van der Waals surface area contributed by atoms with Gasteiger partial charge < -0.3 is 24.0 Å². The molecule has 0 spiro atoms. The van der Waals surface area contributed by atoms with Gasteiger partial charge in [0.25, 0.3) is 0 Å². The normalized spacial score (nSPS) is 16.1. The molecule has 36 heavy (non-hydrogen) atoms. The average Bonchev–Trinajstić information content (AvgIpc) is 3.23. The van der Waals surface area contributed by atoms with Gasteiger partial charge in [-0.15, -0.1) is 0 Å². The van der Waals surface area contributed by atoms with E-state index in [1.807, 2.05) is 31.4 Å². The topological polar surface area (TPSA) is 99.0 Å². The Hall–Kier alpha value is -3.92. The molecule has 0 aliphatic carbocycles. The van der Waals surface area contributed by atoms with Crippen LogP contribution in [0.5, 0.6) is 11.5 Å². The van der Waals surface area contributed by atoms with E-state index in [9.17, 15) is 9.59 Å². The fourth-order valence-corrected chi connectivity index (χ4v) is 4.18. The number of pyridine rings is 1. The van der Waals surface area contributed by atoms with Gasteiger partial charge in [0.2, 0.25) is 11.8 Å². The van der Waals surface area contributed by atoms with Crippen LogP contribution in [-0.2, 0) is 40.9 Å². The maximum Gasteiger partial charge on any atom is 0.242 e. The monoisotopic (exact) mass is 493 g/mol. The SMILES string of the molecule is COc1ccc(CC(=O)N2CC(=O)N(Cc3cnn(C)c3)C[C@H](OCc3cccnc3)C2)cc1OC. The first-order valence-corrected chi connectivity index (χ1v) is 11.7. The van der Waals surface area contributed by atoms with E-state index in [4.69, 9.17) is 14.2 Å². The fraction of sp³-hybridized carbons (Fsp3) is 0.385. The summed E-state index contributed by atoms with van der Waals surface area (Å²) >= 11 is 0. The number of ether oxygens (including phenoxy) is 3. The number of amides is 2. The number of nitrogens with zero attached hydrogens (tertiary/aromatic N) is 5. The lowest BCUT2D eigenvalue weighted by Gasteiger charge is -2.24. The van der Waals surface area contributed by atoms with Crippen molar-refractivity contribution in [2.24, 2.45) is 7.05 Å². The van der Waals surface area contributed by atoms with Gasteiger partial charge in [-0.25, -0.2) is 0 Å². The molecule has 1 aliphatic heterocycles. The van der Waals surface area contributed by atoms with E-state index >= 15 is 0 Å². The van der Waals surface area contributed by atoms with Crippen LogP contribution in [0.2, 0.25) is 0 Å². The summed E-state index contributed by atoms with van der Waals surface area (Å²) in [5.74, 6) is 0.851. The smallest absolute Gasteiger partial charge is 0.242 e. The molecule has 1 aromatic carbocycles. The number of aromatic nitrogens is 3. The van der Waals surface area contributed by atoms with E-state index in [0.717, 1.165) is 16.7 Å². The van der Waals surface area contributed by atoms with E-state index in [1.165, 1.54) is 0 Å². The van der Waals surface area contributed by atoms with Crippen LogP contribution in [-0.4, -0.2) is 76.3 Å².